The second kappa shape index (κ2) is 11.1. The molecule has 2 heteroatoms. The molecule has 0 bridgehead atoms. The first-order valence-electron chi connectivity index (χ1n) is 16.0. The van der Waals surface area contributed by atoms with Crippen molar-refractivity contribution in [1.29, 1.82) is 0 Å². The van der Waals surface area contributed by atoms with Crippen molar-refractivity contribution in [2.75, 3.05) is 0 Å². The second-order valence-corrected chi connectivity index (χ2v) is 33.0. The van der Waals surface area contributed by atoms with E-state index in [1.807, 2.05) is 0 Å². The maximum atomic E-state index is 2.67. The number of fused-ring (bicyclic) bond motifs is 4. The van der Waals surface area contributed by atoms with Crippen molar-refractivity contribution in [2.45, 2.75) is 34.2 Å². The molecule has 0 aromatic heterocycles. The van der Waals surface area contributed by atoms with E-state index < -0.39 is 26.8 Å². The number of benzene rings is 6. The van der Waals surface area contributed by atoms with E-state index in [9.17, 15) is 0 Å². The molecule has 6 aromatic rings. The fraction of sp³-hybridized carbons (Fsp3) is 0.143. The van der Waals surface area contributed by atoms with Crippen LogP contribution in [0.15, 0.2) is 121 Å². The Morgan fingerprint density at radius 1 is 0.455 bits per heavy atom. The Bertz CT molecular complexity index is 2000. The van der Waals surface area contributed by atoms with E-state index in [-0.39, 0.29) is 0 Å². The van der Waals surface area contributed by atoms with Gasteiger partial charge in [-0.1, -0.05) is 0 Å². The van der Waals surface area contributed by atoms with E-state index in [0.717, 1.165) is 0 Å². The zero-order chi connectivity index (χ0) is 29.9. The molecular weight excluding hydrogens is 624 g/mol. The van der Waals surface area contributed by atoms with Crippen LogP contribution in [-0.2, 0) is 20.9 Å². The van der Waals surface area contributed by atoms with Gasteiger partial charge in [0.25, 0.3) is 0 Å². The fourth-order valence-electron chi connectivity index (χ4n) is 8.07. The van der Waals surface area contributed by atoms with Crippen LogP contribution >= 0.6 is 0 Å². The number of hydrogen-bond acceptors (Lipinski definition) is 0. The van der Waals surface area contributed by atoms with Crippen molar-refractivity contribution in [2.24, 2.45) is 0 Å². The van der Waals surface area contributed by atoms with Crippen LogP contribution in [-0.4, -0.2) is 5.92 Å². The Morgan fingerprint density at radius 2 is 0.841 bits per heavy atom. The molecule has 0 amide bonds. The van der Waals surface area contributed by atoms with Gasteiger partial charge in [-0.3, -0.25) is 0 Å². The van der Waals surface area contributed by atoms with Crippen LogP contribution in [0.1, 0.15) is 51.8 Å². The van der Waals surface area contributed by atoms with Crippen molar-refractivity contribution in [3.8, 4) is 0 Å². The third kappa shape index (κ3) is 4.41. The minimum atomic E-state index is -2.37. The predicted molar refractivity (Wildman–Crippen MR) is 190 cm³/mol. The molecule has 2 aliphatic carbocycles. The van der Waals surface area contributed by atoms with Gasteiger partial charge in [0, 0.05) is 0 Å². The molecule has 8 rings (SSSR count). The van der Waals surface area contributed by atoms with Gasteiger partial charge in [-0.05, 0) is 0 Å². The molecule has 2 atom stereocenters. The van der Waals surface area contributed by atoms with E-state index >= 15 is 0 Å². The fourth-order valence-corrected chi connectivity index (χ4v) is 30.3. The van der Waals surface area contributed by atoms with Crippen LogP contribution in [0.5, 0.6) is 0 Å². The molecule has 2 unspecified atom stereocenters. The summed E-state index contributed by atoms with van der Waals surface area (Å²) in [5.74, 6) is -1.06. The maximum absolute atomic E-state index is 2.67. The van der Waals surface area contributed by atoms with Gasteiger partial charge in [0.15, 0.2) is 0 Å². The van der Waals surface area contributed by atoms with Crippen LogP contribution in [0.25, 0.3) is 44.8 Å². The molecule has 0 heterocycles. The third-order valence-electron chi connectivity index (χ3n) is 10.1. The zero-order valence-electron chi connectivity index (χ0n) is 25.9. The zero-order valence-corrected chi connectivity index (χ0v) is 29.5. The molecule has 0 fully saturated rings. The summed E-state index contributed by atoms with van der Waals surface area (Å²) in [6.45, 7) is 9.85. The van der Waals surface area contributed by atoms with E-state index in [0.29, 0.717) is 7.25 Å². The standard InChI is InChI=1S/2C20H15.C2H7Si.Zr/c2*1-14-10-11-19(20-9-5-4-8-18(14)20)17-12-15-6-2-3-7-16(15)13-17;1-3-2;/h2*2-13H,1H3;3H,1-2H3;. The summed E-state index contributed by atoms with van der Waals surface area (Å²) in [5, 5.41) is 5.56. The van der Waals surface area contributed by atoms with Gasteiger partial charge in [0.2, 0.25) is 0 Å². The third-order valence-corrected chi connectivity index (χ3v) is 31.5. The minimum absolute atomic E-state index is 0.530. The molecule has 0 N–H and O–H groups in total. The molecule has 0 saturated carbocycles. The van der Waals surface area contributed by atoms with Crippen molar-refractivity contribution < 1.29 is 20.9 Å². The van der Waals surface area contributed by atoms with E-state index in [1.54, 1.807) is 22.3 Å². The van der Waals surface area contributed by atoms with Crippen LogP contribution in [0, 0.1) is 13.8 Å². The molecule has 0 spiro atoms. The molecule has 0 aliphatic heterocycles. The van der Waals surface area contributed by atoms with Gasteiger partial charge in [0.05, 0.1) is 0 Å². The Labute approximate surface area is 270 Å². The average molecular weight is 661 g/mol. The summed E-state index contributed by atoms with van der Waals surface area (Å²) in [6.07, 6.45) is 5.14. The summed E-state index contributed by atoms with van der Waals surface area (Å²) in [6, 6.07) is 46.4. The molecule has 0 saturated heterocycles. The topological polar surface area (TPSA) is 0 Å². The van der Waals surface area contributed by atoms with Crippen molar-refractivity contribution >= 4 is 50.8 Å². The van der Waals surface area contributed by atoms with Crippen LogP contribution in [0.4, 0.5) is 0 Å². The average Bonchev–Trinajstić information content (AvgIpc) is 3.61. The van der Waals surface area contributed by atoms with Crippen molar-refractivity contribution in [3.05, 3.63) is 166 Å². The van der Waals surface area contributed by atoms with Gasteiger partial charge >= 0.3 is 272 Å². The SMILES string of the molecule is Cc1ccc(C2=Cc3ccccc3[CH]2[Zr]([CH]2C(c3ccc(C)c4ccccc34)=Cc3ccccc32)[SiH](C)C)c2ccccc12. The first-order valence-corrected chi connectivity index (χ1v) is 25.9. The Hall–Kier alpha value is -3.58. The number of allylic oxidation sites excluding steroid dienone is 2. The summed E-state index contributed by atoms with van der Waals surface area (Å²) >= 11 is -2.37. The summed E-state index contributed by atoms with van der Waals surface area (Å²) in [4.78, 5) is 0. The quantitative estimate of drug-likeness (QED) is 0.161. The van der Waals surface area contributed by atoms with E-state index in [4.69, 9.17) is 0 Å². The molecular formula is C42H37SiZr. The number of hydrogen-bond donors (Lipinski definition) is 0. The van der Waals surface area contributed by atoms with Crippen LogP contribution in [0.3, 0.4) is 0 Å². The molecule has 44 heavy (non-hydrogen) atoms. The Morgan fingerprint density at radius 3 is 1.27 bits per heavy atom. The summed E-state index contributed by atoms with van der Waals surface area (Å²) in [5.41, 5.74) is 14.8. The molecule has 0 radical (unpaired) electrons. The molecule has 6 aromatic carbocycles. The normalized spacial score (nSPS) is 17.1. The van der Waals surface area contributed by atoms with Gasteiger partial charge in [-0.25, -0.2) is 0 Å². The van der Waals surface area contributed by atoms with Crippen molar-refractivity contribution in [1.82, 2.24) is 0 Å². The van der Waals surface area contributed by atoms with Crippen molar-refractivity contribution in [3.63, 3.8) is 0 Å². The number of aryl methyl sites for hydroxylation is 2. The first kappa shape index (κ1) is 27.9. The second-order valence-electron chi connectivity index (χ2n) is 12.9. The van der Waals surface area contributed by atoms with E-state index in [1.165, 1.54) is 54.9 Å². The Balaban J connectivity index is 1.37. The monoisotopic (exact) mass is 659 g/mol. The molecule has 2 aliphatic rings. The van der Waals surface area contributed by atoms with Gasteiger partial charge in [-0.15, -0.1) is 0 Å². The van der Waals surface area contributed by atoms with Crippen LogP contribution < -0.4 is 0 Å². The molecule has 213 valence electrons. The van der Waals surface area contributed by atoms with Crippen LogP contribution in [0.2, 0.25) is 13.1 Å². The molecule has 0 nitrogen and oxygen atoms in total. The summed E-state index contributed by atoms with van der Waals surface area (Å²) in [7, 11) is 0. The number of rotatable bonds is 5. The predicted octanol–water partition coefficient (Wildman–Crippen LogP) is 11.1. The summed E-state index contributed by atoms with van der Waals surface area (Å²) < 4.78 is 1.06. The van der Waals surface area contributed by atoms with Gasteiger partial charge < -0.3 is 0 Å². The van der Waals surface area contributed by atoms with E-state index in [2.05, 4.69) is 160 Å². The van der Waals surface area contributed by atoms with Gasteiger partial charge in [-0.2, -0.15) is 0 Å². The Kier molecular flexibility index (Phi) is 7.04. The van der Waals surface area contributed by atoms with Gasteiger partial charge in [0.1, 0.15) is 0 Å². The first-order chi connectivity index (χ1) is 21.5.